The largest absolute Gasteiger partial charge is 0.496 e. The lowest BCUT2D eigenvalue weighted by Gasteiger charge is -2.14. The number of nitrogens with one attached hydrogen (secondary N) is 2. The fourth-order valence-corrected chi connectivity index (χ4v) is 1.80. The highest BCUT2D eigenvalue weighted by molar-refractivity contribution is 5.77. The molecule has 0 aliphatic carbocycles. The third-order valence-corrected chi connectivity index (χ3v) is 2.76. The van der Waals surface area contributed by atoms with E-state index in [0.717, 1.165) is 5.56 Å². The standard InChI is InChI=1S/C14H22N2O4/c1-5-16-14(17)9-15-8-10-6-12(19-3)13(20-4)7-11(10)18-2/h6-7,15H,5,8-9H2,1-4H3,(H,16,17). The summed E-state index contributed by atoms with van der Waals surface area (Å²) in [6.07, 6.45) is 0. The Labute approximate surface area is 119 Å². The monoisotopic (exact) mass is 282 g/mol. The Morgan fingerprint density at radius 2 is 1.65 bits per heavy atom. The lowest BCUT2D eigenvalue weighted by molar-refractivity contribution is -0.120. The summed E-state index contributed by atoms with van der Waals surface area (Å²) >= 11 is 0. The van der Waals surface area contributed by atoms with Crippen LogP contribution in [0.3, 0.4) is 0 Å². The first-order valence-corrected chi connectivity index (χ1v) is 6.42. The van der Waals surface area contributed by atoms with E-state index in [-0.39, 0.29) is 12.5 Å². The Hall–Kier alpha value is -1.95. The van der Waals surface area contributed by atoms with Gasteiger partial charge < -0.3 is 24.8 Å². The summed E-state index contributed by atoms with van der Waals surface area (Å²) in [5.41, 5.74) is 0.898. The summed E-state index contributed by atoms with van der Waals surface area (Å²) in [5, 5.41) is 5.79. The Kier molecular flexibility index (Phi) is 6.66. The van der Waals surface area contributed by atoms with Crippen molar-refractivity contribution in [2.75, 3.05) is 34.4 Å². The minimum atomic E-state index is -0.0352. The quantitative estimate of drug-likeness (QED) is 0.742. The van der Waals surface area contributed by atoms with E-state index in [9.17, 15) is 4.79 Å². The summed E-state index contributed by atoms with van der Waals surface area (Å²) in [6.45, 7) is 3.27. The molecular weight excluding hydrogens is 260 g/mol. The molecule has 0 radical (unpaired) electrons. The second-order valence-electron chi connectivity index (χ2n) is 4.08. The van der Waals surface area contributed by atoms with Crippen LogP contribution in [0.2, 0.25) is 0 Å². The molecule has 6 heteroatoms. The topological polar surface area (TPSA) is 68.8 Å². The molecule has 0 bridgehead atoms. The molecule has 6 nitrogen and oxygen atoms in total. The number of likely N-dealkylation sites (N-methyl/N-ethyl adjacent to an activating group) is 1. The van der Waals surface area contributed by atoms with Crippen LogP contribution < -0.4 is 24.8 Å². The number of ether oxygens (including phenoxy) is 3. The van der Waals surface area contributed by atoms with Gasteiger partial charge in [-0.25, -0.2) is 0 Å². The van der Waals surface area contributed by atoms with E-state index in [0.29, 0.717) is 30.3 Å². The molecule has 0 saturated heterocycles. The van der Waals surface area contributed by atoms with Gasteiger partial charge in [0.15, 0.2) is 11.5 Å². The number of benzene rings is 1. The van der Waals surface area contributed by atoms with Gasteiger partial charge in [-0.15, -0.1) is 0 Å². The van der Waals surface area contributed by atoms with Crippen LogP contribution in [0.5, 0.6) is 17.2 Å². The van der Waals surface area contributed by atoms with Crippen molar-refractivity contribution in [2.24, 2.45) is 0 Å². The van der Waals surface area contributed by atoms with Crippen molar-refractivity contribution in [3.05, 3.63) is 17.7 Å². The fourth-order valence-electron chi connectivity index (χ4n) is 1.80. The van der Waals surface area contributed by atoms with Crippen molar-refractivity contribution in [3.8, 4) is 17.2 Å². The maximum atomic E-state index is 11.4. The van der Waals surface area contributed by atoms with Gasteiger partial charge in [-0.3, -0.25) is 4.79 Å². The van der Waals surface area contributed by atoms with Gasteiger partial charge in [0.2, 0.25) is 5.91 Å². The number of hydrogen-bond donors (Lipinski definition) is 2. The summed E-state index contributed by atoms with van der Waals surface area (Å²) in [7, 11) is 4.75. The zero-order chi connectivity index (χ0) is 15.0. The van der Waals surface area contributed by atoms with Gasteiger partial charge in [0.05, 0.1) is 27.9 Å². The van der Waals surface area contributed by atoms with E-state index in [1.54, 1.807) is 27.4 Å². The van der Waals surface area contributed by atoms with E-state index >= 15 is 0 Å². The number of amides is 1. The molecule has 1 aromatic rings. The van der Waals surface area contributed by atoms with Gasteiger partial charge >= 0.3 is 0 Å². The lowest BCUT2D eigenvalue weighted by atomic mass is 10.1. The van der Waals surface area contributed by atoms with Crippen molar-refractivity contribution in [1.82, 2.24) is 10.6 Å². The highest BCUT2D eigenvalue weighted by Crippen LogP contribution is 2.34. The number of hydrogen-bond acceptors (Lipinski definition) is 5. The average molecular weight is 282 g/mol. The number of rotatable bonds is 8. The fraction of sp³-hybridized carbons (Fsp3) is 0.500. The first-order valence-electron chi connectivity index (χ1n) is 6.42. The zero-order valence-electron chi connectivity index (χ0n) is 12.4. The third-order valence-electron chi connectivity index (χ3n) is 2.76. The number of carbonyl (C=O) groups excluding carboxylic acids is 1. The molecule has 0 saturated carbocycles. The van der Waals surface area contributed by atoms with Gasteiger partial charge in [-0.1, -0.05) is 0 Å². The highest BCUT2D eigenvalue weighted by Gasteiger charge is 2.11. The molecule has 2 N–H and O–H groups in total. The molecule has 20 heavy (non-hydrogen) atoms. The summed E-state index contributed by atoms with van der Waals surface area (Å²) in [5.74, 6) is 1.89. The molecule has 0 heterocycles. The van der Waals surface area contributed by atoms with Crippen LogP contribution in [0, 0.1) is 0 Å². The third kappa shape index (κ3) is 4.31. The molecule has 1 aromatic carbocycles. The predicted molar refractivity (Wildman–Crippen MR) is 76.5 cm³/mol. The predicted octanol–water partition coefficient (Wildman–Crippen LogP) is 0.938. The van der Waals surface area contributed by atoms with Crippen molar-refractivity contribution < 1.29 is 19.0 Å². The van der Waals surface area contributed by atoms with E-state index in [2.05, 4.69) is 10.6 Å². The molecule has 0 atom stereocenters. The van der Waals surface area contributed by atoms with Crippen LogP contribution in [0.25, 0.3) is 0 Å². The molecule has 0 fully saturated rings. The van der Waals surface area contributed by atoms with Gasteiger partial charge in [-0.2, -0.15) is 0 Å². The molecule has 0 spiro atoms. The van der Waals surface area contributed by atoms with Gasteiger partial charge in [0, 0.05) is 24.7 Å². The van der Waals surface area contributed by atoms with Crippen molar-refractivity contribution in [3.63, 3.8) is 0 Å². The first-order chi connectivity index (χ1) is 9.65. The minimum absolute atomic E-state index is 0.0352. The average Bonchev–Trinajstić information content (AvgIpc) is 2.46. The molecule has 1 rings (SSSR count). The summed E-state index contributed by atoms with van der Waals surface area (Å²) in [6, 6.07) is 3.60. The second kappa shape index (κ2) is 8.27. The smallest absolute Gasteiger partial charge is 0.233 e. The summed E-state index contributed by atoms with van der Waals surface area (Å²) in [4.78, 5) is 11.4. The van der Waals surface area contributed by atoms with Crippen molar-refractivity contribution in [1.29, 1.82) is 0 Å². The first kappa shape index (κ1) is 16.1. The molecule has 0 aromatic heterocycles. The molecule has 0 aliphatic rings. The van der Waals surface area contributed by atoms with Gasteiger partial charge in [-0.05, 0) is 13.0 Å². The molecule has 112 valence electrons. The Bertz CT molecular complexity index is 449. The van der Waals surface area contributed by atoms with E-state index in [1.807, 2.05) is 13.0 Å². The van der Waals surface area contributed by atoms with Crippen LogP contribution in [-0.4, -0.2) is 40.3 Å². The van der Waals surface area contributed by atoms with Crippen LogP contribution >= 0.6 is 0 Å². The maximum absolute atomic E-state index is 11.4. The van der Waals surface area contributed by atoms with E-state index in [4.69, 9.17) is 14.2 Å². The van der Waals surface area contributed by atoms with E-state index < -0.39 is 0 Å². The van der Waals surface area contributed by atoms with Gasteiger partial charge in [0.25, 0.3) is 0 Å². The van der Waals surface area contributed by atoms with Crippen molar-refractivity contribution in [2.45, 2.75) is 13.5 Å². The summed E-state index contributed by atoms with van der Waals surface area (Å²) < 4.78 is 15.8. The van der Waals surface area contributed by atoms with Crippen molar-refractivity contribution >= 4 is 5.91 Å². The normalized spacial score (nSPS) is 10.0. The Balaban J connectivity index is 2.75. The van der Waals surface area contributed by atoms with Crippen LogP contribution in [0.1, 0.15) is 12.5 Å². The lowest BCUT2D eigenvalue weighted by Crippen LogP contribution is -2.33. The molecular formula is C14H22N2O4. The number of methoxy groups -OCH3 is 3. The Morgan fingerprint density at radius 1 is 1.05 bits per heavy atom. The Morgan fingerprint density at radius 3 is 2.20 bits per heavy atom. The molecule has 1 amide bonds. The zero-order valence-corrected chi connectivity index (χ0v) is 12.4. The second-order valence-corrected chi connectivity index (χ2v) is 4.08. The van der Waals surface area contributed by atoms with Crippen LogP contribution in [-0.2, 0) is 11.3 Å². The van der Waals surface area contributed by atoms with Crippen LogP contribution in [0.4, 0.5) is 0 Å². The minimum Gasteiger partial charge on any atom is -0.496 e. The molecule has 0 unspecified atom stereocenters. The van der Waals surface area contributed by atoms with Gasteiger partial charge in [0.1, 0.15) is 5.75 Å². The van der Waals surface area contributed by atoms with E-state index in [1.165, 1.54) is 0 Å². The SMILES string of the molecule is CCNC(=O)CNCc1cc(OC)c(OC)cc1OC. The van der Waals surface area contributed by atoms with Crippen LogP contribution in [0.15, 0.2) is 12.1 Å². The molecule has 0 aliphatic heterocycles. The highest BCUT2D eigenvalue weighted by atomic mass is 16.5. The number of carbonyl (C=O) groups is 1. The maximum Gasteiger partial charge on any atom is 0.233 e.